The average molecular weight is 264 g/mol. The molecular weight excluding hydrogens is 240 g/mol. The minimum atomic E-state index is -0.898. The number of aliphatic carboxylic acids is 1. The molecule has 0 aliphatic rings. The van der Waals surface area contributed by atoms with Crippen LogP contribution in [0.2, 0.25) is 0 Å². The molecule has 0 radical (unpaired) electrons. The van der Waals surface area contributed by atoms with Crippen molar-refractivity contribution in [3.8, 4) is 5.75 Å². The normalized spacial score (nSPS) is 12.8. The Morgan fingerprint density at radius 2 is 1.89 bits per heavy atom. The third kappa shape index (κ3) is 4.58. The summed E-state index contributed by atoms with van der Waals surface area (Å²) in [5, 5.41) is 9.26. The molecule has 0 heterocycles. The molecule has 0 aromatic heterocycles. The zero-order valence-electron chi connectivity index (χ0n) is 12.4. The van der Waals surface area contributed by atoms with Crippen LogP contribution in [0, 0.1) is 12.8 Å². The number of carbonyl (C=O) groups is 1. The second-order valence-electron chi connectivity index (χ2n) is 5.77. The van der Waals surface area contributed by atoms with Crippen molar-refractivity contribution in [2.45, 2.75) is 53.1 Å². The molecule has 3 heteroatoms. The number of hydrogen-bond donors (Lipinski definition) is 1. The van der Waals surface area contributed by atoms with Crippen LogP contribution in [0.3, 0.4) is 0 Å². The molecule has 1 rings (SSSR count). The standard InChI is InChI=1S/C16H24O3/c1-10(2)8-15(16(17)18)19-14-9-12(5)6-7-13(14)11(3)4/h6-7,9-11,15H,8H2,1-5H3,(H,17,18). The van der Waals surface area contributed by atoms with Crippen molar-refractivity contribution < 1.29 is 14.6 Å². The topological polar surface area (TPSA) is 46.5 Å². The lowest BCUT2D eigenvalue weighted by atomic mass is 10.00. The first kappa shape index (κ1) is 15.5. The van der Waals surface area contributed by atoms with E-state index in [-0.39, 0.29) is 5.92 Å². The minimum absolute atomic E-state index is 0.286. The van der Waals surface area contributed by atoms with Crippen LogP contribution in [0.25, 0.3) is 0 Å². The summed E-state index contributed by atoms with van der Waals surface area (Å²) in [5.74, 6) is 0.394. The first-order valence-corrected chi connectivity index (χ1v) is 6.81. The Morgan fingerprint density at radius 1 is 1.26 bits per heavy atom. The largest absolute Gasteiger partial charge is 0.479 e. The van der Waals surface area contributed by atoms with E-state index in [2.05, 4.69) is 13.8 Å². The molecule has 0 bridgehead atoms. The van der Waals surface area contributed by atoms with E-state index in [1.54, 1.807) is 0 Å². The Balaban J connectivity index is 3.01. The van der Waals surface area contributed by atoms with Crippen LogP contribution in [0.15, 0.2) is 18.2 Å². The maximum atomic E-state index is 11.3. The molecule has 1 aromatic rings. The van der Waals surface area contributed by atoms with Crippen molar-refractivity contribution in [3.63, 3.8) is 0 Å². The summed E-state index contributed by atoms with van der Waals surface area (Å²) in [6, 6.07) is 5.97. The SMILES string of the molecule is Cc1ccc(C(C)C)c(OC(CC(C)C)C(=O)O)c1. The van der Waals surface area contributed by atoms with Crippen LogP contribution in [-0.2, 0) is 4.79 Å². The van der Waals surface area contributed by atoms with Crippen molar-refractivity contribution in [3.05, 3.63) is 29.3 Å². The van der Waals surface area contributed by atoms with Gasteiger partial charge >= 0.3 is 5.97 Å². The maximum Gasteiger partial charge on any atom is 0.344 e. The average Bonchev–Trinajstić information content (AvgIpc) is 2.26. The molecule has 0 saturated carbocycles. The highest BCUT2D eigenvalue weighted by molar-refractivity contribution is 5.72. The number of hydrogen-bond acceptors (Lipinski definition) is 2. The third-order valence-corrected chi connectivity index (χ3v) is 3.02. The first-order valence-electron chi connectivity index (χ1n) is 6.81. The van der Waals surface area contributed by atoms with Gasteiger partial charge in [0, 0.05) is 0 Å². The fourth-order valence-corrected chi connectivity index (χ4v) is 2.00. The molecule has 3 nitrogen and oxygen atoms in total. The van der Waals surface area contributed by atoms with Gasteiger partial charge in [0.1, 0.15) is 5.75 Å². The Labute approximate surface area is 115 Å². The second-order valence-corrected chi connectivity index (χ2v) is 5.77. The Hall–Kier alpha value is -1.51. The third-order valence-electron chi connectivity index (χ3n) is 3.02. The van der Waals surface area contributed by atoms with Crippen molar-refractivity contribution in [1.82, 2.24) is 0 Å². The summed E-state index contributed by atoms with van der Waals surface area (Å²) >= 11 is 0. The van der Waals surface area contributed by atoms with Gasteiger partial charge < -0.3 is 9.84 Å². The van der Waals surface area contributed by atoms with Crippen LogP contribution in [0.1, 0.15) is 51.2 Å². The van der Waals surface area contributed by atoms with Crippen molar-refractivity contribution in [2.24, 2.45) is 5.92 Å². The van der Waals surface area contributed by atoms with Gasteiger partial charge in [0.25, 0.3) is 0 Å². The number of benzene rings is 1. The highest BCUT2D eigenvalue weighted by Crippen LogP contribution is 2.29. The van der Waals surface area contributed by atoms with Crippen LogP contribution >= 0.6 is 0 Å². The van der Waals surface area contributed by atoms with Crippen molar-refractivity contribution in [2.75, 3.05) is 0 Å². The van der Waals surface area contributed by atoms with Gasteiger partial charge in [-0.1, -0.05) is 39.8 Å². The van der Waals surface area contributed by atoms with Gasteiger partial charge in [0.2, 0.25) is 0 Å². The minimum Gasteiger partial charge on any atom is -0.479 e. The van der Waals surface area contributed by atoms with Crippen molar-refractivity contribution >= 4 is 5.97 Å². The van der Waals surface area contributed by atoms with Gasteiger partial charge in [-0.05, 0) is 42.4 Å². The summed E-state index contributed by atoms with van der Waals surface area (Å²) in [5.41, 5.74) is 2.13. The second kappa shape index (κ2) is 6.60. The van der Waals surface area contributed by atoms with Gasteiger partial charge in [0.05, 0.1) is 0 Å². The van der Waals surface area contributed by atoms with E-state index in [9.17, 15) is 9.90 Å². The van der Waals surface area contributed by atoms with Gasteiger partial charge in [0.15, 0.2) is 6.10 Å². The van der Waals surface area contributed by atoms with Gasteiger partial charge in [-0.15, -0.1) is 0 Å². The number of carboxylic acid groups (broad SMARTS) is 1. The number of rotatable bonds is 6. The summed E-state index contributed by atoms with van der Waals surface area (Å²) in [4.78, 5) is 11.3. The van der Waals surface area contributed by atoms with Crippen LogP contribution in [0.5, 0.6) is 5.75 Å². The molecule has 19 heavy (non-hydrogen) atoms. The molecule has 1 N–H and O–H groups in total. The molecule has 0 aliphatic heterocycles. The highest BCUT2D eigenvalue weighted by Gasteiger charge is 2.22. The fraction of sp³-hybridized carbons (Fsp3) is 0.562. The lowest BCUT2D eigenvalue weighted by molar-refractivity contribution is -0.145. The van der Waals surface area contributed by atoms with E-state index in [0.29, 0.717) is 18.1 Å². The maximum absolute atomic E-state index is 11.3. The molecule has 106 valence electrons. The fourth-order valence-electron chi connectivity index (χ4n) is 2.00. The van der Waals surface area contributed by atoms with Crippen LogP contribution in [0.4, 0.5) is 0 Å². The number of aryl methyl sites for hydroxylation is 1. The quantitative estimate of drug-likeness (QED) is 0.844. The molecular formula is C16H24O3. The zero-order valence-corrected chi connectivity index (χ0v) is 12.4. The molecule has 0 fully saturated rings. The Morgan fingerprint density at radius 3 is 2.37 bits per heavy atom. The monoisotopic (exact) mass is 264 g/mol. The lowest BCUT2D eigenvalue weighted by Gasteiger charge is -2.21. The lowest BCUT2D eigenvalue weighted by Crippen LogP contribution is -2.29. The molecule has 1 aromatic carbocycles. The molecule has 1 atom stereocenters. The highest BCUT2D eigenvalue weighted by atomic mass is 16.5. The predicted octanol–water partition coefficient (Wildman–Crippen LogP) is 4.00. The molecule has 0 aliphatic carbocycles. The van der Waals surface area contributed by atoms with E-state index >= 15 is 0 Å². The molecule has 0 amide bonds. The number of carboxylic acids is 1. The summed E-state index contributed by atoms with van der Waals surface area (Å²) < 4.78 is 5.76. The van der Waals surface area contributed by atoms with Gasteiger partial charge in [-0.2, -0.15) is 0 Å². The summed E-state index contributed by atoms with van der Waals surface area (Å²) in [6.45, 7) is 10.1. The Kier molecular flexibility index (Phi) is 5.40. The summed E-state index contributed by atoms with van der Waals surface area (Å²) in [6.07, 6.45) is -0.264. The molecule has 1 unspecified atom stereocenters. The smallest absolute Gasteiger partial charge is 0.344 e. The van der Waals surface area contributed by atoms with Crippen LogP contribution < -0.4 is 4.74 Å². The first-order chi connectivity index (χ1) is 8.81. The summed E-state index contributed by atoms with van der Waals surface area (Å²) in [7, 11) is 0. The molecule has 0 spiro atoms. The zero-order chi connectivity index (χ0) is 14.6. The van der Waals surface area contributed by atoms with Gasteiger partial charge in [-0.3, -0.25) is 0 Å². The van der Waals surface area contributed by atoms with E-state index in [1.807, 2.05) is 39.0 Å². The van der Waals surface area contributed by atoms with E-state index in [0.717, 1.165) is 11.1 Å². The number of ether oxygens (including phenoxy) is 1. The van der Waals surface area contributed by atoms with Crippen molar-refractivity contribution in [1.29, 1.82) is 0 Å². The van der Waals surface area contributed by atoms with Crippen LogP contribution in [-0.4, -0.2) is 17.2 Å². The Bertz CT molecular complexity index is 436. The van der Waals surface area contributed by atoms with E-state index < -0.39 is 12.1 Å². The molecule has 0 saturated heterocycles. The van der Waals surface area contributed by atoms with E-state index in [4.69, 9.17) is 4.74 Å². The predicted molar refractivity (Wildman–Crippen MR) is 76.8 cm³/mol. The van der Waals surface area contributed by atoms with Gasteiger partial charge in [-0.25, -0.2) is 4.79 Å². The van der Waals surface area contributed by atoms with E-state index in [1.165, 1.54) is 0 Å².